The van der Waals surface area contributed by atoms with E-state index in [0.29, 0.717) is 12.0 Å². The van der Waals surface area contributed by atoms with Gasteiger partial charge in [-0.05, 0) is 19.3 Å². The predicted molar refractivity (Wildman–Crippen MR) is 46.3 cm³/mol. The Morgan fingerprint density at radius 3 is 3.17 bits per heavy atom. The van der Waals surface area contributed by atoms with Crippen molar-refractivity contribution in [1.29, 1.82) is 5.26 Å². The van der Waals surface area contributed by atoms with Gasteiger partial charge < -0.3 is 0 Å². The molecule has 64 valence electrons. The smallest absolute Gasteiger partial charge is 0.140 e. The lowest BCUT2D eigenvalue weighted by Gasteiger charge is -2.17. The Hall–Kier alpha value is -1.10. The minimum absolute atomic E-state index is 0.0891. The van der Waals surface area contributed by atoms with Crippen molar-refractivity contribution in [3.8, 4) is 6.07 Å². The molecule has 1 aliphatic rings. The zero-order valence-electron chi connectivity index (χ0n) is 7.34. The summed E-state index contributed by atoms with van der Waals surface area (Å²) in [4.78, 5) is 11.3. The van der Waals surface area contributed by atoms with Gasteiger partial charge in [0.2, 0.25) is 0 Å². The van der Waals surface area contributed by atoms with Crippen molar-refractivity contribution >= 4 is 5.78 Å². The van der Waals surface area contributed by atoms with Crippen LogP contribution in [0, 0.1) is 17.2 Å². The molecule has 0 bridgehead atoms. The summed E-state index contributed by atoms with van der Waals surface area (Å²) in [5, 5.41) is 8.74. The van der Waals surface area contributed by atoms with E-state index in [1.54, 1.807) is 0 Å². The number of carbonyl (C=O) groups excluding carboxylic acids is 1. The van der Waals surface area contributed by atoms with Gasteiger partial charge >= 0.3 is 0 Å². The number of allylic oxidation sites excluding steroid dienone is 2. The molecule has 1 unspecified atom stereocenters. The second kappa shape index (κ2) is 4.06. The number of nitriles is 1. The second-order valence-electron chi connectivity index (χ2n) is 3.07. The first-order chi connectivity index (χ1) is 5.79. The van der Waals surface area contributed by atoms with Gasteiger partial charge in [-0.15, -0.1) is 0 Å². The molecule has 1 atom stereocenters. The Morgan fingerprint density at radius 2 is 2.58 bits per heavy atom. The topological polar surface area (TPSA) is 40.9 Å². The van der Waals surface area contributed by atoms with Crippen molar-refractivity contribution in [3.63, 3.8) is 0 Å². The van der Waals surface area contributed by atoms with Gasteiger partial charge in [-0.25, -0.2) is 0 Å². The lowest BCUT2D eigenvalue weighted by atomic mass is 9.84. The number of ketones is 1. The van der Waals surface area contributed by atoms with Crippen LogP contribution in [0.3, 0.4) is 0 Å². The number of hydrogen-bond acceptors (Lipinski definition) is 2. The highest BCUT2D eigenvalue weighted by Gasteiger charge is 2.22. The minimum atomic E-state index is -0.0891. The predicted octanol–water partition coefficient (Wildman–Crippen LogP) is 2.22. The maximum absolute atomic E-state index is 11.3. The molecule has 0 N–H and O–H groups in total. The minimum Gasteiger partial charge on any atom is -0.299 e. The molecule has 0 amide bonds. The van der Waals surface area contributed by atoms with Crippen LogP contribution in [0.2, 0.25) is 0 Å². The summed E-state index contributed by atoms with van der Waals surface area (Å²) in [6, 6.07) is 2.11. The van der Waals surface area contributed by atoms with Gasteiger partial charge in [0.25, 0.3) is 0 Å². The zero-order chi connectivity index (χ0) is 8.97. The first kappa shape index (κ1) is 8.99. The van der Waals surface area contributed by atoms with E-state index in [0.717, 1.165) is 19.3 Å². The molecule has 0 heterocycles. The van der Waals surface area contributed by atoms with Gasteiger partial charge in [0.15, 0.2) is 0 Å². The number of nitrogens with zero attached hydrogens (tertiary/aromatic N) is 1. The molecule has 1 aliphatic carbocycles. The van der Waals surface area contributed by atoms with Crippen LogP contribution in [0.25, 0.3) is 0 Å². The molecule has 2 nitrogen and oxygen atoms in total. The molecule has 0 saturated heterocycles. The van der Waals surface area contributed by atoms with Gasteiger partial charge in [-0.1, -0.05) is 13.0 Å². The normalized spacial score (nSPS) is 22.7. The molecule has 0 radical (unpaired) electrons. The second-order valence-corrected chi connectivity index (χ2v) is 3.07. The van der Waals surface area contributed by atoms with Gasteiger partial charge in [0.05, 0.1) is 12.0 Å². The summed E-state index contributed by atoms with van der Waals surface area (Å²) in [5.41, 5.74) is 0.688. The lowest BCUT2D eigenvalue weighted by molar-refractivity contribution is -0.121. The Morgan fingerprint density at radius 1 is 1.83 bits per heavy atom. The van der Waals surface area contributed by atoms with Crippen LogP contribution in [0.5, 0.6) is 0 Å². The molecule has 12 heavy (non-hydrogen) atoms. The largest absolute Gasteiger partial charge is 0.299 e. The van der Waals surface area contributed by atoms with Crippen molar-refractivity contribution in [2.24, 2.45) is 5.92 Å². The van der Waals surface area contributed by atoms with E-state index in [2.05, 4.69) is 6.07 Å². The molecule has 0 spiro atoms. The molecule has 0 saturated carbocycles. The fourth-order valence-corrected chi connectivity index (χ4v) is 1.58. The van der Waals surface area contributed by atoms with Crippen LogP contribution in [0.15, 0.2) is 11.6 Å². The quantitative estimate of drug-likeness (QED) is 0.626. The molecule has 2 heteroatoms. The highest BCUT2D eigenvalue weighted by Crippen LogP contribution is 2.25. The Balaban J connectivity index is 2.76. The van der Waals surface area contributed by atoms with Crippen LogP contribution in [-0.2, 0) is 4.79 Å². The summed E-state index contributed by atoms with van der Waals surface area (Å²) in [6.45, 7) is 1.85. The number of carbonyl (C=O) groups is 1. The Labute approximate surface area is 72.9 Å². The standard InChI is InChI=1S/C10H13NO/c1-2-10(12)9-6-4-3-5-8(9)7-11/h5,9H,2-4,6H2,1H3. The summed E-state index contributed by atoms with van der Waals surface area (Å²) in [5.74, 6) is 0.122. The highest BCUT2D eigenvalue weighted by molar-refractivity contribution is 5.84. The van der Waals surface area contributed by atoms with Crippen LogP contribution in [-0.4, -0.2) is 5.78 Å². The third-order valence-corrected chi connectivity index (χ3v) is 2.30. The fourth-order valence-electron chi connectivity index (χ4n) is 1.58. The van der Waals surface area contributed by atoms with E-state index in [1.807, 2.05) is 13.0 Å². The first-order valence-electron chi connectivity index (χ1n) is 4.42. The van der Waals surface area contributed by atoms with E-state index in [9.17, 15) is 4.79 Å². The van der Waals surface area contributed by atoms with Crippen molar-refractivity contribution in [3.05, 3.63) is 11.6 Å². The summed E-state index contributed by atoms with van der Waals surface area (Å²) < 4.78 is 0. The summed E-state index contributed by atoms with van der Waals surface area (Å²) in [6.07, 6.45) is 5.31. The average Bonchev–Trinajstić information content (AvgIpc) is 2.16. The van der Waals surface area contributed by atoms with E-state index in [4.69, 9.17) is 5.26 Å². The molecular weight excluding hydrogens is 150 g/mol. The van der Waals surface area contributed by atoms with Crippen LogP contribution < -0.4 is 0 Å². The van der Waals surface area contributed by atoms with Gasteiger partial charge in [-0.3, -0.25) is 4.79 Å². The maximum Gasteiger partial charge on any atom is 0.140 e. The number of hydrogen-bond donors (Lipinski definition) is 0. The molecule has 0 aromatic heterocycles. The summed E-state index contributed by atoms with van der Waals surface area (Å²) in [7, 11) is 0. The fraction of sp³-hybridized carbons (Fsp3) is 0.600. The third-order valence-electron chi connectivity index (χ3n) is 2.30. The SMILES string of the molecule is CCC(=O)C1CCCC=C1C#N. The van der Waals surface area contributed by atoms with Gasteiger partial charge in [0, 0.05) is 12.0 Å². The Bertz CT molecular complexity index is 247. The molecular formula is C10H13NO. The average molecular weight is 163 g/mol. The van der Waals surface area contributed by atoms with Crippen LogP contribution in [0.1, 0.15) is 32.6 Å². The molecule has 0 aliphatic heterocycles. The van der Waals surface area contributed by atoms with E-state index < -0.39 is 0 Å². The third kappa shape index (κ3) is 1.73. The molecule has 1 rings (SSSR count). The number of rotatable bonds is 2. The van der Waals surface area contributed by atoms with E-state index in [1.165, 1.54) is 0 Å². The van der Waals surface area contributed by atoms with Crippen molar-refractivity contribution < 1.29 is 4.79 Å². The van der Waals surface area contributed by atoms with Crippen molar-refractivity contribution in [1.82, 2.24) is 0 Å². The number of Topliss-reactive ketones (excluding diaryl/α,β-unsaturated/α-hetero) is 1. The van der Waals surface area contributed by atoms with E-state index in [-0.39, 0.29) is 11.7 Å². The monoisotopic (exact) mass is 163 g/mol. The first-order valence-corrected chi connectivity index (χ1v) is 4.42. The zero-order valence-corrected chi connectivity index (χ0v) is 7.34. The van der Waals surface area contributed by atoms with Gasteiger partial charge in [0.1, 0.15) is 5.78 Å². The van der Waals surface area contributed by atoms with Crippen molar-refractivity contribution in [2.45, 2.75) is 32.6 Å². The summed E-state index contributed by atoms with van der Waals surface area (Å²) >= 11 is 0. The lowest BCUT2D eigenvalue weighted by Crippen LogP contribution is -2.17. The van der Waals surface area contributed by atoms with Crippen LogP contribution >= 0.6 is 0 Å². The molecule has 0 aromatic rings. The van der Waals surface area contributed by atoms with Gasteiger partial charge in [-0.2, -0.15) is 5.26 Å². The Kier molecular flexibility index (Phi) is 3.04. The van der Waals surface area contributed by atoms with Crippen LogP contribution in [0.4, 0.5) is 0 Å². The maximum atomic E-state index is 11.3. The van der Waals surface area contributed by atoms with E-state index >= 15 is 0 Å². The highest BCUT2D eigenvalue weighted by atomic mass is 16.1. The van der Waals surface area contributed by atoms with Crippen molar-refractivity contribution in [2.75, 3.05) is 0 Å². The molecule has 0 aromatic carbocycles. The molecule has 0 fully saturated rings.